The quantitative estimate of drug-likeness (QED) is 0.268. The second-order valence-electron chi connectivity index (χ2n) is 11.3. The van der Waals surface area contributed by atoms with E-state index in [0.717, 1.165) is 24.8 Å². The number of nitrogens with zero attached hydrogens (tertiary/aromatic N) is 2. The van der Waals surface area contributed by atoms with Crippen LogP contribution >= 0.6 is 0 Å². The molecule has 10 nitrogen and oxygen atoms in total. The predicted octanol–water partition coefficient (Wildman–Crippen LogP) is 4.25. The Hall–Kier alpha value is -2.82. The molecule has 0 radical (unpaired) electrons. The first-order valence-electron chi connectivity index (χ1n) is 14.3. The van der Waals surface area contributed by atoms with Crippen LogP contribution in [0.3, 0.4) is 0 Å². The van der Waals surface area contributed by atoms with Gasteiger partial charge in [0, 0.05) is 12.8 Å². The fourth-order valence-electron chi connectivity index (χ4n) is 5.38. The standard InChI is InChI=1S/C30H45N3O7/c1-7-22-15-23(16-28(35)36)39-26(29(22)37)12-9-17(2)8-11-25-19(4)14-24(20(5)38-25)32-27(34)13-10-18(3)30-31-21(6)40-33-30/h8-10,12-13,18-20,22-26,29,37H,7,11,14-16H2,1-6H3,(H,32,34)(H,35,36)/b12-9+,13-10-,17-8+/t18?,19?,20?,22?,23-,24?,25?,26?,29-/m0/s1. The highest BCUT2D eigenvalue weighted by Gasteiger charge is 2.36. The number of aromatic nitrogens is 2. The van der Waals surface area contributed by atoms with E-state index in [4.69, 9.17) is 19.1 Å². The minimum absolute atomic E-state index is 0.0112. The number of allylic oxidation sites excluding steroid dienone is 3. The molecule has 0 aliphatic carbocycles. The fraction of sp³-hybridized carbons (Fsp3) is 0.667. The Morgan fingerprint density at radius 3 is 2.60 bits per heavy atom. The zero-order valence-corrected chi connectivity index (χ0v) is 24.4. The molecule has 2 aliphatic heterocycles. The molecular weight excluding hydrogens is 514 g/mol. The Morgan fingerprint density at radius 2 is 1.95 bits per heavy atom. The number of aliphatic hydroxyl groups excluding tert-OH is 1. The van der Waals surface area contributed by atoms with Crippen LogP contribution in [-0.2, 0) is 19.1 Å². The van der Waals surface area contributed by atoms with E-state index in [9.17, 15) is 14.7 Å². The number of aliphatic hydroxyl groups is 1. The van der Waals surface area contributed by atoms with Crippen LogP contribution in [0.15, 0.2) is 40.5 Å². The summed E-state index contributed by atoms with van der Waals surface area (Å²) in [6.07, 6.45) is 10.2. The van der Waals surface area contributed by atoms with Gasteiger partial charge in [-0.2, -0.15) is 4.98 Å². The molecule has 222 valence electrons. The molecule has 7 unspecified atom stereocenters. The lowest BCUT2D eigenvalue weighted by Gasteiger charge is -2.39. The van der Waals surface area contributed by atoms with Crippen molar-refractivity contribution in [2.45, 2.75) is 116 Å². The average molecular weight is 560 g/mol. The molecule has 9 atom stereocenters. The molecular formula is C30H45N3O7. The van der Waals surface area contributed by atoms with Gasteiger partial charge in [-0.05, 0) is 51.0 Å². The molecule has 0 bridgehead atoms. The second-order valence-corrected chi connectivity index (χ2v) is 11.3. The molecule has 0 spiro atoms. The number of rotatable bonds is 11. The molecule has 10 heteroatoms. The Balaban J connectivity index is 1.50. The van der Waals surface area contributed by atoms with E-state index in [-0.39, 0.29) is 48.3 Å². The number of hydrogen-bond donors (Lipinski definition) is 3. The van der Waals surface area contributed by atoms with E-state index in [0.29, 0.717) is 18.1 Å². The van der Waals surface area contributed by atoms with Crippen LogP contribution < -0.4 is 5.32 Å². The summed E-state index contributed by atoms with van der Waals surface area (Å²) >= 11 is 0. The molecule has 2 aliphatic rings. The molecule has 0 aromatic carbocycles. The molecule has 0 saturated carbocycles. The smallest absolute Gasteiger partial charge is 0.305 e. The van der Waals surface area contributed by atoms with Gasteiger partial charge in [-0.15, -0.1) is 0 Å². The number of carbonyl (C=O) groups is 2. The number of carbonyl (C=O) groups excluding carboxylic acids is 1. The van der Waals surface area contributed by atoms with Crippen molar-refractivity contribution < 1.29 is 33.8 Å². The Labute approximate surface area is 236 Å². The molecule has 1 aromatic heterocycles. The zero-order valence-electron chi connectivity index (χ0n) is 24.4. The van der Waals surface area contributed by atoms with Gasteiger partial charge >= 0.3 is 5.97 Å². The fourth-order valence-corrected chi connectivity index (χ4v) is 5.38. The number of ether oxygens (including phenoxy) is 2. The maximum absolute atomic E-state index is 12.5. The lowest BCUT2D eigenvalue weighted by atomic mass is 9.85. The summed E-state index contributed by atoms with van der Waals surface area (Å²) in [5.74, 6) is 0.0767. The van der Waals surface area contributed by atoms with E-state index in [1.807, 2.05) is 39.8 Å². The number of hydrogen-bond acceptors (Lipinski definition) is 8. The molecule has 1 amide bonds. The molecule has 2 fully saturated rings. The van der Waals surface area contributed by atoms with Gasteiger partial charge < -0.3 is 29.5 Å². The van der Waals surface area contributed by atoms with Crippen molar-refractivity contribution in [3.05, 3.63) is 47.7 Å². The van der Waals surface area contributed by atoms with Crippen LogP contribution in [0.25, 0.3) is 0 Å². The summed E-state index contributed by atoms with van der Waals surface area (Å²) in [7, 11) is 0. The summed E-state index contributed by atoms with van der Waals surface area (Å²) in [5.41, 5.74) is 1.01. The Kier molecular flexibility index (Phi) is 11.7. The lowest BCUT2D eigenvalue weighted by molar-refractivity contribution is -0.152. The van der Waals surface area contributed by atoms with Crippen molar-refractivity contribution >= 4 is 11.9 Å². The van der Waals surface area contributed by atoms with Crippen LogP contribution in [0.2, 0.25) is 0 Å². The van der Waals surface area contributed by atoms with Gasteiger partial charge in [0.05, 0.1) is 36.9 Å². The topological polar surface area (TPSA) is 144 Å². The molecule has 3 rings (SSSR count). The summed E-state index contributed by atoms with van der Waals surface area (Å²) < 4.78 is 17.2. The number of aryl methyl sites for hydroxylation is 1. The SMILES string of the molecule is CCC1C[C@@H](CC(=O)O)OC(/C=C/C(C)=C/CC2OC(C)C(NC(=O)/C=C\C(C)c3noc(C)n3)CC2C)[C@H]1O. The van der Waals surface area contributed by atoms with Crippen LogP contribution in [-0.4, -0.2) is 68.8 Å². The predicted molar refractivity (Wildman–Crippen MR) is 149 cm³/mol. The first-order chi connectivity index (χ1) is 19.0. The number of aliphatic carboxylic acids is 1. The monoisotopic (exact) mass is 559 g/mol. The van der Waals surface area contributed by atoms with Crippen LogP contribution in [0.5, 0.6) is 0 Å². The summed E-state index contributed by atoms with van der Waals surface area (Å²) in [6.45, 7) is 11.7. The maximum atomic E-state index is 12.5. The minimum atomic E-state index is -0.894. The van der Waals surface area contributed by atoms with Crippen LogP contribution in [0, 0.1) is 18.8 Å². The average Bonchev–Trinajstić information content (AvgIpc) is 3.34. The van der Waals surface area contributed by atoms with E-state index in [1.54, 1.807) is 13.0 Å². The van der Waals surface area contributed by atoms with Gasteiger partial charge in [0.15, 0.2) is 5.82 Å². The van der Waals surface area contributed by atoms with Gasteiger partial charge in [0.1, 0.15) is 6.10 Å². The van der Waals surface area contributed by atoms with Crippen molar-refractivity contribution in [2.24, 2.45) is 11.8 Å². The molecule has 3 N–H and O–H groups in total. The molecule has 2 saturated heterocycles. The van der Waals surface area contributed by atoms with Crippen LogP contribution in [0.4, 0.5) is 0 Å². The van der Waals surface area contributed by atoms with Crippen molar-refractivity contribution in [1.29, 1.82) is 0 Å². The Morgan fingerprint density at radius 1 is 1.20 bits per heavy atom. The highest BCUT2D eigenvalue weighted by atomic mass is 16.5. The third-order valence-corrected chi connectivity index (χ3v) is 7.91. The van der Waals surface area contributed by atoms with E-state index < -0.39 is 24.3 Å². The Bertz CT molecular complexity index is 1080. The van der Waals surface area contributed by atoms with E-state index in [1.165, 1.54) is 6.08 Å². The van der Waals surface area contributed by atoms with Crippen molar-refractivity contribution in [1.82, 2.24) is 15.5 Å². The molecule has 1 aromatic rings. The summed E-state index contributed by atoms with van der Waals surface area (Å²) in [5, 5.41) is 26.8. The van der Waals surface area contributed by atoms with Gasteiger partial charge in [-0.1, -0.05) is 62.2 Å². The number of carboxylic acids is 1. The number of carboxylic acid groups (broad SMARTS) is 1. The van der Waals surface area contributed by atoms with E-state index >= 15 is 0 Å². The lowest BCUT2D eigenvalue weighted by Crippen LogP contribution is -2.50. The van der Waals surface area contributed by atoms with Crippen molar-refractivity contribution in [3.8, 4) is 0 Å². The van der Waals surface area contributed by atoms with E-state index in [2.05, 4.69) is 28.5 Å². The van der Waals surface area contributed by atoms with Crippen LogP contribution in [0.1, 0.15) is 84.4 Å². The highest BCUT2D eigenvalue weighted by Crippen LogP contribution is 2.31. The number of amides is 1. The van der Waals surface area contributed by atoms with Gasteiger partial charge in [0.2, 0.25) is 11.8 Å². The first kappa shape index (κ1) is 31.7. The third kappa shape index (κ3) is 9.11. The summed E-state index contributed by atoms with van der Waals surface area (Å²) in [4.78, 5) is 27.9. The van der Waals surface area contributed by atoms with Crippen molar-refractivity contribution in [2.75, 3.05) is 0 Å². The zero-order chi connectivity index (χ0) is 29.4. The minimum Gasteiger partial charge on any atom is -0.481 e. The van der Waals surface area contributed by atoms with Gasteiger partial charge in [0.25, 0.3) is 0 Å². The van der Waals surface area contributed by atoms with Gasteiger partial charge in [-0.3, -0.25) is 9.59 Å². The maximum Gasteiger partial charge on any atom is 0.305 e. The first-order valence-corrected chi connectivity index (χ1v) is 14.3. The van der Waals surface area contributed by atoms with Gasteiger partial charge in [-0.25, -0.2) is 0 Å². The third-order valence-electron chi connectivity index (χ3n) is 7.91. The highest BCUT2D eigenvalue weighted by molar-refractivity contribution is 5.87. The largest absolute Gasteiger partial charge is 0.481 e. The van der Waals surface area contributed by atoms with Crippen molar-refractivity contribution in [3.63, 3.8) is 0 Å². The normalized spacial score (nSPS) is 32.4. The second kappa shape index (κ2) is 14.7. The number of nitrogens with one attached hydrogen (secondary N) is 1. The summed E-state index contributed by atoms with van der Waals surface area (Å²) in [6, 6.07) is -0.0914. The molecule has 3 heterocycles. The molecule has 40 heavy (non-hydrogen) atoms.